The van der Waals surface area contributed by atoms with E-state index in [0.29, 0.717) is 11.1 Å². The fourth-order valence-corrected chi connectivity index (χ4v) is 204. The van der Waals surface area contributed by atoms with Gasteiger partial charge in [0.25, 0.3) is 0 Å². The molecule has 322 valence electrons. The molecule has 0 fully saturated rings. The maximum atomic E-state index is 6.78. The van der Waals surface area contributed by atoms with E-state index in [4.69, 9.17) is 14.0 Å². The van der Waals surface area contributed by atoms with Gasteiger partial charge in [0.1, 0.15) is 7.59 Å². The second kappa shape index (κ2) is 15.5. The average Bonchev–Trinajstić information content (AvgIpc) is 2.80. The summed E-state index contributed by atoms with van der Waals surface area (Å²) in [6.07, 6.45) is 0. The molecule has 3 rings (SSSR count). The first-order chi connectivity index (χ1) is 23.7. The highest BCUT2D eigenvalue weighted by atomic mass is 29.3. The van der Waals surface area contributed by atoms with Crippen LogP contribution in [0, 0.1) is 0 Å². The van der Waals surface area contributed by atoms with Crippen molar-refractivity contribution in [1.29, 1.82) is 0 Å². The quantitative estimate of drug-likeness (QED) is 0.138. The van der Waals surface area contributed by atoms with Crippen LogP contribution in [-0.4, -0.2) is 111 Å². The van der Waals surface area contributed by atoms with Crippen LogP contribution >= 0.6 is 0 Å². The first kappa shape index (κ1) is 52.8. The van der Waals surface area contributed by atoms with Crippen LogP contribution in [0.2, 0.25) is 187 Å². The molecule has 0 aliphatic carbocycles. The van der Waals surface area contributed by atoms with Gasteiger partial charge in [0.05, 0.1) is 7.59 Å². The lowest BCUT2D eigenvalue weighted by Gasteiger charge is -2.70. The molecule has 3 aliphatic rings. The molecule has 0 aromatic heterocycles. The van der Waals surface area contributed by atoms with Crippen LogP contribution in [-0.2, 0) is 0 Å². The summed E-state index contributed by atoms with van der Waals surface area (Å²) >= 11 is 0. The summed E-state index contributed by atoms with van der Waals surface area (Å²) in [6, 6.07) is 0. The van der Waals surface area contributed by atoms with Crippen LogP contribution in [0.5, 0.6) is 0 Å². The Hall–Kier alpha value is 1.61. The van der Waals surface area contributed by atoms with Gasteiger partial charge in [0.15, 0.2) is 7.59 Å². The minimum atomic E-state index is -2.96. The van der Waals surface area contributed by atoms with E-state index in [9.17, 15) is 0 Å². The fraction of sp³-hybridized carbons (Fsp3) is 0.925. The highest BCUT2D eigenvalue weighted by Crippen LogP contribution is 2.65. The number of hydrogen-bond donors (Lipinski definition) is 0. The smallest absolute Gasteiger partial charge is 0.292 e. The van der Waals surface area contributed by atoms with Crippen LogP contribution in [0.1, 0.15) is 48.5 Å². The summed E-state index contributed by atoms with van der Waals surface area (Å²) in [7, 11) is -23.9. The Labute approximate surface area is 358 Å². The molecule has 3 aliphatic heterocycles. The van der Waals surface area contributed by atoms with Crippen molar-refractivity contribution in [2.45, 2.75) is 236 Å². The summed E-state index contributed by atoms with van der Waals surface area (Å²) in [5.41, 5.74) is 1.32. The van der Waals surface area contributed by atoms with E-state index in [0.717, 1.165) is 19.2 Å². The lowest BCUT2D eigenvalue weighted by atomic mass is 10.6. The van der Waals surface area contributed by atoms with E-state index in [1.54, 1.807) is 16.0 Å². The Kier molecular flexibility index (Phi) is 14.8. The van der Waals surface area contributed by atoms with Crippen LogP contribution in [0.15, 0.2) is 14.0 Å². The third-order valence-corrected chi connectivity index (χ3v) is 123. The Bertz CT molecular complexity index is 1340. The SMILES string of the molecule is CC1=N[Si]2([Si](C(C)C)(C([Si](C)(C)C)[Si](C)(C)C)C([Si](C)(C)C)[Si](C)(C)C)N=C(C)[Si]1([Si](C(C)C)(C([Si](C)(C)C)[Si](C)(C)C)C([Si](C)(C)C)[Si](C)(C)C)C(C)=N2. The number of hydrogen-bond acceptors (Lipinski definition) is 3. The van der Waals surface area contributed by atoms with Gasteiger partial charge in [-0.25, -0.2) is 0 Å². The molecule has 0 saturated heterocycles. The molecule has 55 heavy (non-hydrogen) atoms. The Balaban J connectivity index is 3.70. The van der Waals surface area contributed by atoms with Crippen molar-refractivity contribution in [2.75, 3.05) is 0 Å². The molecule has 0 N–H and O–H groups in total. The topological polar surface area (TPSA) is 37.1 Å². The van der Waals surface area contributed by atoms with E-state index in [2.05, 4.69) is 206 Å². The van der Waals surface area contributed by atoms with E-state index < -0.39 is 95.4 Å². The van der Waals surface area contributed by atoms with Gasteiger partial charge >= 0.3 is 8.08 Å². The first-order valence-electron chi connectivity index (χ1n) is 22.4. The molecule has 0 aromatic carbocycles. The van der Waals surface area contributed by atoms with E-state index in [1.807, 2.05) is 0 Å². The molecule has 0 unspecified atom stereocenters. The van der Waals surface area contributed by atoms with Crippen LogP contribution < -0.4 is 0 Å². The van der Waals surface area contributed by atoms with Gasteiger partial charge in [0.2, 0.25) is 0 Å². The highest BCUT2D eigenvalue weighted by Gasteiger charge is 2.81. The second-order valence-electron chi connectivity index (χ2n) is 28.3. The zero-order valence-corrected chi connectivity index (χ0v) is 55.3. The molecule has 15 heteroatoms. The molecule has 2 bridgehead atoms. The molecule has 0 atom stereocenters. The van der Waals surface area contributed by atoms with E-state index in [-0.39, 0.29) is 0 Å². The molecule has 3 heterocycles. The van der Waals surface area contributed by atoms with Crippen LogP contribution in [0.25, 0.3) is 0 Å². The fourth-order valence-electron chi connectivity index (χ4n) is 17.3. The summed E-state index contributed by atoms with van der Waals surface area (Å²) in [4.78, 5) is 3.46. The monoisotopic (exact) mass is 958 g/mol. The van der Waals surface area contributed by atoms with Crippen molar-refractivity contribution in [2.24, 2.45) is 14.0 Å². The van der Waals surface area contributed by atoms with Crippen molar-refractivity contribution in [1.82, 2.24) is 0 Å². The standard InChI is InChI=1S/C40H99N3Si12/c1-32(2)52(37(44(8,9)10)45(11,12)13,38(46(14,15)16)47(17,18)19)54-34(5)41-55(42-35(54)6,43-36(54)7)53(33(3)4,39(48(20,21)22)49(23,24)25)40(50(26,27)28)51(29,30)31/h32-33,37-40H,1-31H3. The summed E-state index contributed by atoms with van der Waals surface area (Å²) in [5, 5.41) is 5.07. The van der Waals surface area contributed by atoms with Gasteiger partial charge in [-0.2, -0.15) is 0 Å². The van der Waals surface area contributed by atoms with Gasteiger partial charge in [-0.3, -0.25) is 14.0 Å². The van der Waals surface area contributed by atoms with Gasteiger partial charge < -0.3 is 0 Å². The van der Waals surface area contributed by atoms with Gasteiger partial charge in [-0.15, -0.1) is 0 Å². The molecule has 0 aromatic rings. The van der Waals surface area contributed by atoms with Crippen molar-refractivity contribution >= 4 is 111 Å². The molecule has 0 saturated carbocycles. The molecule has 0 amide bonds. The van der Waals surface area contributed by atoms with E-state index >= 15 is 0 Å². The largest absolute Gasteiger partial charge is 0.407 e. The summed E-state index contributed by atoms with van der Waals surface area (Å²) in [6.45, 7) is 86.0. The zero-order valence-electron chi connectivity index (χ0n) is 43.3. The third-order valence-electron chi connectivity index (χ3n) is 14.6. The zero-order chi connectivity index (χ0) is 44.3. The number of rotatable bonds is 16. The van der Waals surface area contributed by atoms with Gasteiger partial charge in [-0.05, 0) is 42.3 Å². The minimum Gasteiger partial charge on any atom is -0.292 e. The van der Waals surface area contributed by atoms with Crippen molar-refractivity contribution in [3.05, 3.63) is 0 Å². The maximum Gasteiger partial charge on any atom is 0.407 e. The Morgan fingerprint density at radius 3 is 0.618 bits per heavy atom. The van der Waals surface area contributed by atoms with Crippen LogP contribution in [0.4, 0.5) is 0 Å². The second-order valence-corrected chi connectivity index (χ2v) is 101. The Morgan fingerprint density at radius 1 is 0.309 bits per heavy atom. The normalized spacial score (nSPS) is 23.2. The lowest BCUT2D eigenvalue weighted by Crippen LogP contribution is -2.91. The van der Waals surface area contributed by atoms with Gasteiger partial charge in [-0.1, -0.05) is 210 Å². The molecule has 0 spiro atoms. The highest BCUT2D eigenvalue weighted by molar-refractivity contribution is 7.79. The molecular formula is C40H99N3Si12. The van der Waals surface area contributed by atoms with Crippen molar-refractivity contribution < 1.29 is 0 Å². The lowest BCUT2D eigenvalue weighted by molar-refractivity contribution is 0.977. The molecule has 3 nitrogen and oxygen atoms in total. The van der Waals surface area contributed by atoms with Gasteiger partial charge in [0, 0.05) is 64.6 Å². The predicted molar refractivity (Wildman–Crippen MR) is 294 cm³/mol. The minimum absolute atomic E-state index is 0.628. The Morgan fingerprint density at radius 2 is 0.473 bits per heavy atom. The molecule has 0 radical (unpaired) electrons. The maximum absolute atomic E-state index is 6.78. The summed E-state index contributed by atoms with van der Waals surface area (Å²) < 4.78 is 20.3. The van der Waals surface area contributed by atoms with Crippen molar-refractivity contribution in [3.63, 3.8) is 0 Å². The summed E-state index contributed by atoms with van der Waals surface area (Å²) in [5.74, 6) is 0. The first-order valence-corrected chi connectivity index (χ1v) is 61.4. The van der Waals surface area contributed by atoms with E-state index in [1.165, 1.54) is 0 Å². The predicted octanol–water partition coefficient (Wildman–Crippen LogP) is 14.8. The average molecular weight is 959 g/mol. The number of nitrogens with zero attached hydrogens (tertiary/aromatic N) is 3. The molecular weight excluding hydrogens is 859 g/mol. The van der Waals surface area contributed by atoms with Crippen LogP contribution in [0.3, 0.4) is 0 Å². The van der Waals surface area contributed by atoms with Crippen molar-refractivity contribution in [3.8, 4) is 0 Å². The third kappa shape index (κ3) is 8.56.